The van der Waals surface area contributed by atoms with Gasteiger partial charge in [-0.3, -0.25) is 0 Å². The van der Waals surface area contributed by atoms with E-state index in [1.54, 1.807) is 0 Å². The van der Waals surface area contributed by atoms with Crippen molar-refractivity contribution in [3.63, 3.8) is 0 Å². The SMILES string of the molecule is CC1(C)c2ccccc2-c2cc(-c3nc(-c4ccccc4)nc(-c4ccc(-c5ccc6ccccc6c5)cc4)n3)c3c(-c4ccccc4)cccc3c21. The summed E-state index contributed by atoms with van der Waals surface area (Å²) < 4.78 is 0. The van der Waals surface area contributed by atoms with Crippen LogP contribution in [0.2, 0.25) is 0 Å². The number of fused-ring (bicyclic) bond motifs is 6. The van der Waals surface area contributed by atoms with Crippen LogP contribution in [0.3, 0.4) is 0 Å². The number of aromatic nitrogens is 3. The highest BCUT2D eigenvalue weighted by atomic mass is 15.0. The van der Waals surface area contributed by atoms with Crippen LogP contribution in [-0.4, -0.2) is 15.0 Å². The van der Waals surface area contributed by atoms with Crippen molar-refractivity contribution >= 4 is 21.5 Å². The topological polar surface area (TPSA) is 38.7 Å². The zero-order chi connectivity index (χ0) is 35.5. The van der Waals surface area contributed by atoms with E-state index in [9.17, 15) is 0 Å². The molecule has 1 aromatic heterocycles. The van der Waals surface area contributed by atoms with Gasteiger partial charge in [-0.15, -0.1) is 0 Å². The maximum atomic E-state index is 5.32. The van der Waals surface area contributed by atoms with Gasteiger partial charge >= 0.3 is 0 Å². The van der Waals surface area contributed by atoms with Crippen LogP contribution in [0.15, 0.2) is 176 Å². The molecule has 9 aromatic rings. The van der Waals surface area contributed by atoms with E-state index in [1.807, 2.05) is 18.2 Å². The molecule has 1 heterocycles. The molecular formula is C50H35N3. The highest BCUT2D eigenvalue weighted by Gasteiger charge is 2.38. The van der Waals surface area contributed by atoms with Crippen LogP contribution in [-0.2, 0) is 5.41 Å². The average molecular weight is 678 g/mol. The predicted octanol–water partition coefficient (Wildman–Crippen LogP) is 12.8. The third-order valence-electron chi connectivity index (χ3n) is 10.9. The first-order valence-electron chi connectivity index (χ1n) is 18.2. The van der Waals surface area contributed by atoms with Gasteiger partial charge in [0.15, 0.2) is 17.5 Å². The monoisotopic (exact) mass is 677 g/mol. The van der Waals surface area contributed by atoms with Crippen molar-refractivity contribution in [3.8, 4) is 67.5 Å². The lowest BCUT2D eigenvalue weighted by molar-refractivity contribution is 0.666. The predicted molar refractivity (Wildman–Crippen MR) is 220 cm³/mol. The minimum atomic E-state index is -0.176. The fraction of sp³-hybridized carbons (Fsp3) is 0.0600. The molecule has 0 saturated carbocycles. The molecule has 3 heteroatoms. The smallest absolute Gasteiger partial charge is 0.164 e. The number of nitrogens with zero attached hydrogens (tertiary/aromatic N) is 3. The maximum absolute atomic E-state index is 5.32. The molecule has 3 nitrogen and oxygen atoms in total. The molecular weight excluding hydrogens is 643 g/mol. The van der Waals surface area contributed by atoms with Gasteiger partial charge in [0.05, 0.1) is 0 Å². The molecule has 8 aromatic carbocycles. The van der Waals surface area contributed by atoms with E-state index < -0.39 is 0 Å². The zero-order valence-corrected chi connectivity index (χ0v) is 29.6. The summed E-state index contributed by atoms with van der Waals surface area (Å²) in [6.07, 6.45) is 0. The summed E-state index contributed by atoms with van der Waals surface area (Å²) in [7, 11) is 0. The number of benzene rings is 8. The van der Waals surface area contributed by atoms with Gasteiger partial charge in [-0.1, -0.05) is 178 Å². The van der Waals surface area contributed by atoms with Crippen LogP contribution in [0.4, 0.5) is 0 Å². The first-order chi connectivity index (χ1) is 26.0. The Balaban J connectivity index is 1.21. The third-order valence-corrected chi connectivity index (χ3v) is 10.9. The normalized spacial score (nSPS) is 12.9. The second-order valence-corrected chi connectivity index (χ2v) is 14.4. The van der Waals surface area contributed by atoms with Gasteiger partial charge in [-0.2, -0.15) is 0 Å². The van der Waals surface area contributed by atoms with Crippen molar-refractivity contribution in [3.05, 3.63) is 187 Å². The first-order valence-corrected chi connectivity index (χ1v) is 18.2. The molecule has 0 bridgehead atoms. The number of hydrogen-bond donors (Lipinski definition) is 0. The van der Waals surface area contributed by atoms with E-state index in [1.165, 1.54) is 44.0 Å². The van der Waals surface area contributed by atoms with Gasteiger partial charge in [0, 0.05) is 27.5 Å². The van der Waals surface area contributed by atoms with Gasteiger partial charge in [-0.05, 0) is 72.8 Å². The Kier molecular flexibility index (Phi) is 7.16. The highest BCUT2D eigenvalue weighted by molar-refractivity contribution is 6.11. The molecule has 0 radical (unpaired) electrons. The van der Waals surface area contributed by atoms with Gasteiger partial charge in [-0.25, -0.2) is 15.0 Å². The first kappa shape index (κ1) is 31.1. The molecule has 1 aliphatic carbocycles. The van der Waals surface area contributed by atoms with Crippen molar-refractivity contribution in [2.24, 2.45) is 0 Å². The van der Waals surface area contributed by atoms with Gasteiger partial charge in [0.2, 0.25) is 0 Å². The largest absolute Gasteiger partial charge is 0.208 e. The van der Waals surface area contributed by atoms with E-state index >= 15 is 0 Å². The average Bonchev–Trinajstić information content (AvgIpc) is 3.46. The van der Waals surface area contributed by atoms with E-state index in [0.717, 1.165) is 38.8 Å². The summed E-state index contributed by atoms with van der Waals surface area (Å²) in [6, 6.07) is 62.5. The second-order valence-electron chi connectivity index (χ2n) is 14.4. The minimum absolute atomic E-state index is 0.176. The van der Waals surface area contributed by atoms with Crippen LogP contribution in [0, 0.1) is 0 Å². The van der Waals surface area contributed by atoms with Gasteiger partial charge in [0.25, 0.3) is 0 Å². The van der Waals surface area contributed by atoms with Crippen LogP contribution < -0.4 is 0 Å². The van der Waals surface area contributed by atoms with Crippen molar-refractivity contribution in [2.75, 3.05) is 0 Å². The maximum Gasteiger partial charge on any atom is 0.164 e. The van der Waals surface area contributed by atoms with E-state index in [2.05, 4.69) is 172 Å². The van der Waals surface area contributed by atoms with Crippen LogP contribution in [0.5, 0.6) is 0 Å². The Morgan fingerprint density at radius 3 is 1.68 bits per heavy atom. The van der Waals surface area contributed by atoms with E-state index in [4.69, 9.17) is 15.0 Å². The summed E-state index contributed by atoms with van der Waals surface area (Å²) in [5, 5.41) is 4.84. The standard InChI is InChI=1S/C50H35N3/c1-50(2)44-23-12-11-20-40(44)42-31-43(45-39(34-15-5-3-6-16-34)21-13-22-41(45)46(42)50)49-52-47(35-17-7-4-8-18-35)51-48(53-49)36-27-24-33(25-28-36)38-29-26-32-14-9-10-19-37(32)30-38/h3-31H,1-2H3. The van der Waals surface area contributed by atoms with Crippen molar-refractivity contribution in [1.82, 2.24) is 15.0 Å². The molecule has 0 amide bonds. The molecule has 0 saturated heterocycles. The lowest BCUT2D eigenvalue weighted by Gasteiger charge is -2.25. The Morgan fingerprint density at radius 1 is 0.358 bits per heavy atom. The van der Waals surface area contributed by atoms with Gasteiger partial charge < -0.3 is 0 Å². The summed E-state index contributed by atoms with van der Waals surface area (Å²) in [5.41, 5.74) is 12.6. The molecule has 0 fully saturated rings. The summed E-state index contributed by atoms with van der Waals surface area (Å²) in [6.45, 7) is 4.70. The molecule has 0 spiro atoms. The van der Waals surface area contributed by atoms with E-state index in [0.29, 0.717) is 17.5 Å². The molecule has 1 aliphatic rings. The third kappa shape index (κ3) is 5.16. The number of rotatable bonds is 5. The van der Waals surface area contributed by atoms with E-state index in [-0.39, 0.29) is 5.41 Å². The number of hydrogen-bond acceptors (Lipinski definition) is 3. The summed E-state index contributed by atoms with van der Waals surface area (Å²) in [5.74, 6) is 1.95. The van der Waals surface area contributed by atoms with Crippen molar-refractivity contribution in [1.29, 1.82) is 0 Å². The van der Waals surface area contributed by atoms with Crippen molar-refractivity contribution in [2.45, 2.75) is 19.3 Å². The zero-order valence-electron chi connectivity index (χ0n) is 29.6. The lowest BCUT2D eigenvalue weighted by atomic mass is 9.78. The van der Waals surface area contributed by atoms with Crippen molar-refractivity contribution < 1.29 is 0 Å². The summed E-state index contributed by atoms with van der Waals surface area (Å²) in [4.78, 5) is 15.7. The Labute approximate surface area is 309 Å². The lowest BCUT2D eigenvalue weighted by Crippen LogP contribution is -2.15. The molecule has 0 unspecified atom stereocenters. The second kappa shape index (κ2) is 12.2. The van der Waals surface area contributed by atoms with Crippen LogP contribution in [0.1, 0.15) is 25.0 Å². The Bertz CT molecular complexity index is 2840. The molecule has 53 heavy (non-hydrogen) atoms. The Hall–Kier alpha value is -6.71. The van der Waals surface area contributed by atoms with Crippen LogP contribution in [0.25, 0.3) is 89.1 Å². The molecule has 0 aliphatic heterocycles. The van der Waals surface area contributed by atoms with Crippen LogP contribution >= 0.6 is 0 Å². The Morgan fingerprint density at radius 2 is 0.925 bits per heavy atom. The molecule has 250 valence electrons. The van der Waals surface area contributed by atoms with Gasteiger partial charge in [0.1, 0.15) is 0 Å². The molecule has 0 atom stereocenters. The molecule has 10 rings (SSSR count). The highest BCUT2D eigenvalue weighted by Crippen LogP contribution is 2.54. The molecule has 0 N–H and O–H groups in total. The fourth-order valence-electron chi connectivity index (χ4n) is 8.33. The minimum Gasteiger partial charge on any atom is -0.208 e. The fourth-order valence-corrected chi connectivity index (χ4v) is 8.33. The quantitative estimate of drug-likeness (QED) is 0.182. The summed E-state index contributed by atoms with van der Waals surface area (Å²) >= 11 is 0.